The first-order valence-corrected chi connectivity index (χ1v) is 11.5. The standard InChI is InChI=1S/C23H29N5OS/c1-14-11-12-19(13-15(14)2)28-17(4)20(26-27-28)23-24-16(3)21(30-23)22(29)25-18-9-7-5-6-8-10-18/h11-13,18H,5-10H2,1-4H3,(H,25,29). The fourth-order valence-electron chi connectivity index (χ4n) is 4.01. The van der Waals surface area contributed by atoms with Gasteiger partial charge >= 0.3 is 0 Å². The van der Waals surface area contributed by atoms with Gasteiger partial charge in [-0.3, -0.25) is 4.79 Å². The molecule has 1 N–H and O–H groups in total. The second-order valence-electron chi connectivity index (χ2n) is 8.30. The van der Waals surface area contributed by atoms with Gasteiger partial charge in [0.25, 0.3) is 5.91 Å². The van der Waals surface area contributed by atoms with Gasteiger partial charge in [-0.05, 0) is 63.8 Å². The van der Waals surface area contributed by atoms with Gasteiger partial charge in [-0.15, -0.1) is 16.4 Å². The molecule has 1 saturated carbocycles. The Labute approximate surface area is 181 Å². The van der Waals surface area contributed by atoms with Crippen molar-refractivity contribution in [3.63, 3.8) is 0 Å². The molecule has 0 bridgehead atoms. The summed E-state index contributed by atoms with van der Waals surface area (Å²) in [5.74, 6) is -0.0117. The third-order valence-electron chi connectivity index (χ3n) is 6.03. The normalized spacial score (nSPS) is 15.2. The Morgan fingerprint density at radius 3 is 2.50 bits per heavy atom. The monoisotopic (exact) mass is 423 g/mol. The average Bonchev–Trinajstić information content (AvgIpc) is 3.18. The Morgan fingerprint density at radius 2 is 1.80 bits per heavy atom. The molecule has 2 heterocycles. The largest absolute Gasteiger partial charge is 0.349 e. The number of nitrogens with zero attached hydrogens (tertiary/aromatic N) is 4. The topological polar surface area (TPSA) is 72.7 Å². The summed E-state index contributed by atoms with van der Waals surface area (Å²) >= 11 is 1.40. The van der Waals surface area contributed by atoms with E-state index in [-0.39, 0.29) is 11.9 Å². The van der Waals surface area contributed by atoms with Crippen LogP contribution in [0, 0.1) is 27.7 Å². The van der Waals surface area contributed by atoms with Crippen molar-refractivity contribution in [3.05, 3.63) is 45.6 Å². The van der Waals surface area contributed by atoms with E-state index in [0.29, 0.717) is 4.88 Å². The lowest BCUT2D eigenvalue weighted by atomic mass is 10.1. The molecule has 2 aromatic heterocycles. The molecule has 1 aromatic carbocycles. The number of carbonyl (C=O) groups is 1. The summed E-state index contributed by atoms with van der Waals surface area (Å²) in [6.45, 7) is 8.08. The zero-order valence-electron chi connectivity index (χ0n) is 18.2. The zero-order chi connectivity index (χ0) is 21.3. The maximum atomic E-state index is 12.9. The van der Waals surface area contributed by atoms with Crippen molar-refractivity contribution in [2.24, 2.45) is 0 Å². The van der Waals surface area contributed by atoms with Gasteiger partial charge in [0.1, 0.15) is 15.6 Å². The Morgan fingerprint density at radius 1 is 1.07 bits per heavy atom. The van der Waals surface area contributed by atoms with Crippen molar-refractivity contribution in [1.29, 1.82) is 0 Å². The molecule has 0 spiro atoms. The summed E-state index contributed by atoms with van der Waals surface area (Å²) < 4.78 is 1.84. The molecule has 0 radical (unpaired) electrons. The molecule has 4 rings (SSSR count). The molecule has 6 nitrogen and oxygen atoms in total. The van der Waals surface area contributed by atoms with E-state index in [1.807, 2.05) is 24.6 Å². The van der Waals surface area contributed by atoms with E-state index in [1.54, 1.807) is 0 Å². The molecule has 1 fully saturated rings. The van der Waals surface area contributed by atoms with E-state index >= 15 is 0 Å². The van der Waals surface area contributed by atoms with Crippen molar-refractivity contribution >= 4 is 17.2 Å². The summed E-state index contributed by atoms with van der Waals surface area (Å²) in [7, 11) is 0. The minimum Gasteiger partial charge on any atom is -0.349 e. The first kappa shape index (κ1) is 20.7. The fourth-order valence-corrected chi connectivity index (χ4v) is 5.02. The number of hydrogen-bond acceptors (Lipinski definition) is 5. The molecule has 1 amide bonds. The number of hydrogen-bond donors (Lipinski definition) is 1. The molecule has 0 unspecified atom stereocenters. The summed E-state index contributed by atoms with van der Waals surface area (Å²) in [6, 6.07) is 6.53. The smallest absolute Gasteiger partial charge is 0.263 e. The zero-order valence-corrected chi connectivity index (χ0v) is 19.0. The van der Waals surface area contributed by atoms with Gasteiger partial charge in [0, 0.05) is 6.04 Å². The van der Waals surface area contributed by atoms with Gasteiger partial charge in [0.15, 0.2) is 0 Å². The van der Waals surface area contributed by atoms with Crippen LogP contribution in [-0.2, 0) is 0 Å². The predicted octanol–water partition coefficient (Wildman–Crippen LogP) is 5.08. The van der Waals surface area contributed by atoms with Gasteiger partial charge in [-0.25, -0.2) is 9.67 Å². The molecule has 0 atom stereocenters. The van der Waals surface area contributed by atoms with Crippen LogP contribution >= 0.6 is 11.3 Å². The fraction of sp³-hybridized carbons (Fsp3) is 0.478. The molecular weight excluding hydrogens is 394 g/mol. The Bertz CT molecular complexity index is 1060. The van der Waals surface area contributed by atoms with Gasteiger partial charge < -0.3 is 5.32 Å². The summed E-state index contributed by atoms with van der Waals surface area (Å²) in [6.07, 6.45) is 7.06. The van der Waals surface area contributed by atoms with E-state index in [0.717, 1.165) is 40.6 Å². The van der Waals surface area contributed by atoms with E-state index < -0.39 is 0 Å². The van der Waals surface area contributed by atoms with Gasteiger partial charge in [-0.1, -0.05) is 37.0 Å². The van der Waals surface area contributed by atoms with Gasteiger partial charge in [0.05, 0.1) is 17.1 Å². The quantitative estimate of drug-likeness (QED) is 0.594. The predicted molar refractivity (Wildman–Crippen MR) is 120 cm³/mol. The number of aryl methyl sites for hydroxylation is 3. The minimum absolute atomic E-state index is 0.0117. The van der Waals surface area contributed by atoms with Crippen LogP contribution in [0.4, 0.5) is 0 Å². The molecule has 1 aliphatic carbocycles. The number of amides is 1. The Balaban J connectivity index is 1.57. The Hall–Kier alpha value is -2.54. The summed E-state index contributed by atoms with van der Waals surface area (Å²) in [5, 5.41) is 12.7. The minimum atomic E-state index is -0.0117. The van der Waals surface area contributed by atoms with Crippen molar-refractivity contribution in [3.8, 4) is 16.4 Å². The summed E-state index contributed by atoms with van der Waals surface area (Å²) in [5.41, 5.74) is 5.84. The highest BCUT2D eigenvalue weighted by atomic mass is 32.1. The maximum Gasteiger partial charge on any atom is 0.263 e. The Kier molecular flexibility index (Phi) is 5.99. The lowest BCUT2D eigenvalue weighted by Crippen LogP contribution is -2.34. The van der Waals surface area contributed by atoms with Crippen LogP contribution in [0.2, 0.25) is 0 Å². The second-order valence-corrected chi connectivity index (χ2v) is 9.30. The lowest BCUT2D eigenvalue weighted by molar-refractivity contribution is 0.0936. The van der Waals surface area contributed by atoms with Crippen LogP contribution in [0.1, 0.15) is 70.7 Å². The molecule has 0 aliphatic heterocycles. The first-order chi connectivity index (χ1) is 14.4. The molecule has 0 saturated heterocycles. The van der Waals surface area contributed by atoms with Crippen molar-refractivity contribution in [1.82, 2.24) is 25.3 Å². The molecule has 1 aliphatic rings. The SMILES string of the molecule is Cc1ccc(-n2nnc(-c3nc(C)c(C(=O)NC4CCCCCC4)s3)c2C)cc1C. The highest BCUT2D eigenvalue weighted by Gasteiger charge is 2.23. The van der Waals surface area contributed by atoms with Crippen molar-refractivity contribution in [2.75, 3.05) is 0 Å². The number of thiazole rings is 1. The van der Waals surface area contributed by atoms with E-state index in [4.69, 9.17) is 0 Å². The van der Waals surface area contributed by atoms with Gasteiger partial charge in [0.2, 0.25) is 0 Å². The molecule has 158 valence electrons. The van der Waals surface area contributed by atoms with Gasteiger partial charge in [-0.2, -0.15) is 0 Å². The van der Waals surface area contributed by atoms with Crippen LogP contribution in [0.25, 0.3) is 16.4 Å². The van der Waals surface area contributed by atoms with Crippen LogP contribution in [0.3, 0.4) is 0 Å². The van der Waals surface area contributed by atoms with Crippen molar-refractivity contribution < 1.29 is 4.79 Å². The third-order valence-corrected chi connectivity index (χ3v) is 7.19. The van der Waals surface area contributed by atoms with E-state index in [1.165, 1.54) is 48.1 Å². The van der Waals surface area contributed by atoms with Crippen LogP contribution in [0.5, 0.6) is 0 Å². The first-order valence-electron chi connectivity index (χ1n) is 10.7. The maximum absolute atomic E-state index is 12.9. The number of rotatable bonds is 4. The number of carbonyl (C=O) groups excluding carboxylic acids is 1. The number of nitrogens with one attached hydrogen (secondary N) is 1. The molecule has 7 heteroatoms. The van der Waals surface area contributed by atoms with E-state index in [2.05, 4.69) is 46.6 Å². The number of benzene rings is 1. The highest BCUT2D eigenvalue weighted by molar-refractivity contribution is 7.17. The van der Waals surface area contributed by atoms with Crippen LogP contribution < -0.4 is 5.32 Å². The number of aromatic nitrogens is 4. The van der Waals surface area contributed by atoms with Crippen LogP contribution in [0.15, 0.2) is 18.2 Å². The molecular formula is C23H29N5OS. The lowest BCUT2D eigenvalue weighted by Gasteiger charge is -2.15. The highest BCUT2D eigenvalue weighted by Crippen LogP contribution is 2.30. The van der Waals surface area contributed by atoms with Crippen molar-refractivity contribution in [2.45, 2.75) is 72.3 Å². The second kappa shape index (κ2) is 8.68. The molecule has 3 aromatic rings. The van der Waals surface area contributed by atoms with Crippen LogP contribution in [-0.4, -0.2) is 31.9 Å². The average molecular weight is 424 g/mol. The van der Waals surface area contributed by atoms with E-state index in [9.17, 15) is 4.79 Å². The summed E-state index contributed by atoms with van der Waals surface area (Å²) in [4.78, 5) is 18.2. The molecule has 30 heavy (non-hydrogen) atoms. The third kappa shape index (κ3) is 4.17.